The maximum Gasteiger partial charge on any atom is 0.278 e. The summed E-state index contributed by atoms with van der Waals surface area (Å²) in [6, 6.07) is 10.5. The Morgan fingerprint density at radius 1 is 1.16 bits per heavy atom. The molecule has 2 N–H and O–H groups in total. The van der Waals surface area contributed by atoms with Crippen molar-refractivity contribution >= 4 is 34.2 Å². The second kappa shape index (κ2) is 4.66. The third-order valence-corrected chi connectivity index (χ3v) is 2.76. The van der Waals surface area contributed by atoms with E-state index >= 15 is 0 Å². The molecule has 0 radical (unpaired) electrons. The van der Waals surface area contributed by atoms with Crippen LogP contribution in [0.25, 0.3) is 10.9 Å². The van der Waals surface area contributed by atoms with Crippen molar-refractivity contribution in [1.29, 1.82) is 0 Å². The average Bonchev–Trinajstić information content (AvgIpc) is 2.85. The Morgan fingerprint density at radius 3 is 2.79 bits per heavy atom. The number of fused-ring (bicyclic) bond motifs is 1. The zero-order chi connectivity index (χ0) is 13.2. The molecule has 6 nitrogen and oxygen atoms in total. The van der Waals surface area contributed by atoms with Crippen LogP contribution < -0.4 is 5.32 Å². The molecule has 0 spiro atoms. The number of nitrogens with zero attached hydrogens (tertiary/aromatic N) is 3. The minimum absolute atomic E-state index is 0.267. The molecule has 3 rings (SSSR count). The molecule has 0 unspecified atom stereocenters. The van der Waals surface area contributed by atoms with Crippen molar-refractivity contribution in [2.24, 2.45) is 0 Å². The Kier molecular flexibility index (Phi) is 2.85. The molecule has 1 aromatic carbocycles. The number of hydrogen-bond acceptors (Lipinski definition) is 4. The molecular weight excluding hydrogens is 266 g/mol. The summed E-state index contributed by atoms with van der Waals surface area (Å²) >= 11 is 5.62. The van der Waals surface area contributed by atoms with E-state index < -0.39 is 0 Å². The van der Waals surface area contributed by atoms with Gasteiger partial charge >= 0.3 is 0 Å². The van der Waals surface area contributed by atoms with Crippen LogP contribution in [0.15, 0.2) is 36.4 Å². The van der Waals surface area contributed by atoms with Crippen LogP contribution in [0.5, 0.6) is 0 Å². The molecule has 2 heterocycles. The van der Waals surface area contributed by atoms with Crippen molar-refractivity contribution in [2.45, 2.75) is 0 Å². The molecule has 1 amide bonds. The van der Waals surface area contributed by atoms with Gasteiger partial charge in [0.15, 0.2) is 16.7 Å². The number of H-pyrrole nitrogens is 1. The highest BCUT2D eigenvalue weighted by atomic mass is 35.5. The summed E-state index contributed by atoms with van der Waals surface area (Å²) in [4.78, 5) is 12.1. The zero-order valence-electron chi connectivity index (χ0n) is 9.59. The first-order valence-electron chi connectivity index (χ1n) is 5.48. The van der Waals surface area contributed by atoms with Gasteiger partial charge in [0.25, 0.3) is 5.91 Å². The number of nitrogens with one attached hydrogen (secondary N) is 2. The number of carbonyl (C=O) groups is 1. The van der Waals surface area contributed by atoms with Crippen LogP contribution in [0.2, 0.25) is 5.15 Å². The van der Waals surface area contributed by atoms with Gasteiger partial charge in [0.1, 0.15) is 0 Å². The van der Waals surface area contributed by atoms with Gasteiger partial charge in [-0.05, 0) is 18.2 Å². The zero-order valence-corrected chi connectivity index (χ0v) is 10.3. The van der Waals surface area contributed by atoms with Gasteiger partial charge in [-0.2, -0.15) is 5.10 Å². The van der Waals surface area contributed by atoms with Crippen molar-refractivity contribution in [1.82, 2.24) is 20.4 Å². The van der Waals surface area contributed by atoms with Crippen molar-refractivity contribution in [2.75, 3.05) is 5.32 Å². The fourth-order valence-electron chi connectivity index (χ4n) is 1.69. The van der Waals surface area contributed by atoms with E-state index in [9.17, 15) is 4.79 Å². The van der Waals surface area contributed by atoms with E-state index in [-0.39, 0.29) is 11.1 Å². The van der Waals surface area contributed by atoms with Gasteiger partial charge in [-0.3, -0.25) is 9.89 Å². The predicted octanol–water partition coefficient (Wildman–Crippen LogP) is 2.26. The maximum absolute atomic E-state index is 12.1. The number of anilines is 1. The first-order valence-corrected chi connectivity index (χ1v) is 5.85. The molecule has 0 aliphatic heterocycles. The minimum Gasteiger partial charge on any atom is -0.304 e. The summed E-state index contributed by atoms with van der Waals surface area (Å²) in [5, 5.41) is 17.8. The average molecular weight is 274 g/mol. The van der Waals surface area contributed by atoms with Crippen LogP contribution in [0.1, 0.15) is 10.5 Å². The number of aromatic amines is 1. The van der Waals surface area contributed by atoms with Crippen LogP contribution in [0, 0.1) is 0 Å². The van der Waals surface area contributed by atoms with Crippen molar-refractivity contribution < 1.29 is 4.79 Å². The molecule has 0 aliphatic carbocycles. The van der Waals surface area contributed by atoms with E-state index in [4.69, 9.17) is 11.6 Å². The van der Waals surface area contributed by atoms with Gasteiger partial charge in [0.2, 0.25) is 0 Å². The number of benzene rings is 1. The van der Waals surface area contributed by atoms with Crippen LogP contribution in [-0.4, -0.2) is 26.3 Å². The van der Waals surface area contributed by atoms with Crippen LogP contribution in [-0.2, 0) is 0 Å². The fourth-order valence-corrected chi connectivity index (χ4v) is 1.80. The van der Waals surface area contributed by atoms with Gasteiger partial charge in [-0.25, -0.2) is 0 Å². The van der Waals surface area contributed by atoms with E-state index in [0.717, 1.165) is 10.9 Å². The SMILES string of the molecule is O=C(Nc1ccc(Cl)nn1)c1n[nH]c2ccccc12. The van der Waals surface area contributed by atoms with E-state index in [2.05, 4.69) is 25.7 Å². The molecule has 94 valence electrons. The molecule has 0 fully saturated rings. The van der Waals surface area contributed by atoms with E-state index in [1.165, 1.54) is 0 Å². The topological polar surface area (TPSA) is 83.6 Å². The molecule has 0 bridgehead atoms. The van der Waals surface area contributed by atoms with Crippen LogP contribution >= 0.6 is 11.6 Å². The normalized spacial score (nSPS) is 10.6. The van der Waals surface area contributed by atoms with Crippen molar-refractivity contribution in [3.05, 3.63) is 47.2 Å². The Bertz CT molecular complexity index is 737. The highest BCUT2D eigenvalue weighted by Gasteiger charge is 2.14. The smallest absolute Gasteiger partial charge is 0.278 e. The maximum atomic E-state index is 12.1. The molecule has 0 aliphatic rings. The molecule has 0 saturated carbocycles. The lowest BCUT2D eigenvalue weighted by Gasteiger charge is -2.01. The third-order valence-electron chi connectivity index (χ3n) is 2.56. The number of hydrogen-bond donors (Lipinski definition) is 2. The van der Waals surface area contributed by atoms with Gasteiger partial charge in [-0.15, -0.1) is 10.2 Å². The lowest BCUT2D eigenvalue weighted by Crippen LogP contribution is -2.14. The fraction of sp³-hybridized carbons (Fsp3) is 0. The Balaban J connectivity index is 1.90. The van der Waals surface area contributed by atoms with E-state index in [0.29, 0.717) is 11.5 Å². The number of para-hydroxylation sites is 1. The predicted molar refractivity (Wildman–Crippen MR) is 71.1 cm³/mol. The second-order valence-corrected chi connectivity index (χ2v) is 4.20. The monoisotopic (exact) mass is 273 g/mol. The van der Waals surface area contributed by atoms with Crippen LogP contribution in [0.4, 0.5) is 5.82 Å². The largest absolute Gasteiger partial charge is 0.304 e. The van der Waals surface area contributed by atoms with Gasteiger partial charge in [0.05, 0.1) is 5.52 Å². The summed E-state index contributed by atoms with van der Waals surface area (Å²) in [5.74, 6) is -0.0319. The van der Waals surface area contributed by atoms with Gasteiger partial charge < -0.3 is 5.32 Å². The summed E-state index contributed by atoms with van der Waals surface area (Å²) in [6.07, 6.45) is 0. The summed E-state index contributed by atoms with van der Waals surface area (Å²) < 4.78 is 0. The minimum atomic E-state index is -0.353. The molecule has 19 heavy (non-hydrogen) atoms. The lowest BCUT2D eigenvalue weighted by molar-refractivity contribution is 0.102. The highest BCUT2D eigenvalue weighted by Crippen LogP contribution is 2.16. The van der Waals surface area contributed by atoms with E-state index in [1.54, 1.807) is 12.1 Å². The van der Waals surface area contributed by atoms with Crippen LogP contribution in [0.3, 0.4) is 0 Å². The standard InChI is InChI=1S/C12H8ClN5O/c13-9-5-6-10(17-16-9)14-12(19)11-7-3-1-2-4-8(7)15-18-11/h1-6H,(H,15,18)(H,14,17,19). The Labute approximate surface area is 112 Å². The van der Waals surface area contributed by atoms with Crippen molar-refractivity contribution in [3.63, 3.8) is 0 Å². The Morgan fingerprint density at radius 2 is 2.00 bits per heavy atom. The first kappa shape index (κ1) is 11.6. The lowest BCUT2D eigenvalue weighted by atomic mass is 10.2. The summed E-state index contributed by atoms with van der Waals surface area (Å²) in [6.45, 7) is 0. The van der Waals surface area contributed by atoms with Gasteiger partial charge in [-0.1, -0.05) is 29.8 Å². The van der Waals surface area contributed by atoms with E-state index in [1.807, 2.05) is 24.3 Å². The number of carbonyl (C=O) groups excluding carboxylic acids is 1. The first-order chi connectivity index (χ1) is 9.24. The number of halogens is 1. The Hall–Kier alpha value is -2.47. The number of aromatic nitrogens is 4. The quantitative estimate of drug-likeness (QED) is 0.750. The summed E-state index contributed by atoms with van der Waals surface area (Å²) in [7, 11) is 0. The number of rotatable bonds is 2. The molecular formula is C12H8ClN5O. The molecule has 2 aromatic heterocycles. The molecule has 3 aromatic rings. The van der Waals surface area contributed by atoms with Gasteiger partial charge in [0, 0.05) is 5.39 Å². The number of amides is 1. The molecule has 7 heteroatoms. The second-order valence-electron chi connectivity index (χ2n) is 3.81. The highest BCUT2D eigenvalue weighted by molar-refractivity contribution is 6.29. The van der Waals surface area contributed by atoms with Crippen molar-refractivity contribution in [3.8, 4) is 0 Å². The molecule has 0 saturated heterocycles. The molecule has 0 atom stereocenters. The summed E-state index contributed by atoms with van der Waals surface area (Å²) in [5.41, 5.74) is 1.11. The third kappa shape index (κ3) is 2.25.